The van der Waals surface area contributed by atoms with Crippen LogP contribution in [0.15, 0.2) is 0 Å². The van der Waals surface area contributed by atoms with E-state index in [9.17, 15) is 9.90 Å². The molecule has 3 atom stereocenters. The minimum Gasteiger partial charge on any atom is -0.414 e. The van der Waals surface area contributed by atoms with Gasteiger partial charge in [0.2, 0.25) is 0 Å². The van der Waals surface area contributed by atoms with E-state index in [0.717, 1.165) is 0 Å². The number of aliphatic hydroxyl groups excluding tert-OH is 1. The molecule has 0 radical (unpaired) electrons. The summed E-state index contributed by atoms with van der Waals surface area (Å²) in [5.41, 5.74) is 0. The van der Waals surface area contributed by atoms with E-state index in [1.54, 1.807) is 13.8 Å². The Morgan fingerprint density at radius 2 is 1.90 bits per heavy atom. The van der Waals surface area contributed by atoms with Crippen molar-refractivity contribution in [3.8, 4) is 0 Å². The number of carbonyl (C=O) groups excluding carboxylic acids is 1. The van der Waals surface area contributed by atoms with Gasteiger partial charge in [-0.3, -0.25) is 0 Å². The van der Waals surface area contributed by atoms with Crippen LogP contribution in [-0.2, 0) is 18.7 Å². The van der Waals surface area contributed by atoms with Crippen molar-refractivity contribution in [1.82, 2.24) is 0 Å². The number of aldehydes is 1. The molecule has 1 rings (SSSR count). The lowest BCUT2D eigenvalue weighted by Gasteiger charge is -2.37. The Balaban J connectivity index is 2.63. The van der Waals surface area contributed by atoms with Crippen molar-refractivity contribution in [2.45, 2.75) is 76.8 Å². The van der Waals surface area contributed by atoms with Crippen molar-refractivity contribution in [3.05, 3.63) is 0 Å². The summed E-state index contributed by atoms with van der Waals surface area (Å²) in [5.74, 6) is -0.853. The summed E-state index contributed by atoms with van der Waals surface area (Å²) in [6.45, 7) is 14.3. The van der Waals surface area contributed by atoms with Crippen LogP contribution in [-0.4, -0.2) is 50.4 Å². The van der Waals surface area contributed by atoms with Crippen molar-refractivity contribution in [1.29, 1.82) is 0 Å². The lowest BCUT2D eigenvalue weighted by atomic mass is 10.1. The summed E-state index contributed by atoms with van der Waals surface area (Å²) in [6.07, 6.45) is -1.62. The Morgan fingerprint density at radius 3 is 2.35 bits per heavy atom. The van der Waals surface area contributed by atoms with Gasteiger partial charge in [0.1, 0.15) is 18.3 Å². The SMILES string of the molecule is CC1(C)O[C@H]([C@H](O)CO[Si](C)(C)C(C)(C)C)[C@H](C=O)O1. The van der Waals surface area contributed by atoms with E-state index < -0.39 is 32.4 Å². The van der Waals surface area contributed by atoms with Gasteiger partial charge in [0, 0.05) is 0 Å². The van der Waals surface area contributed by atoms with Crippen molar-refractivity contribution in [3.63, 3.8) is 0 Å². The number of hydrogen-bond donors (Lipinski definition) is 1. The average molecular weight is 304 g/mol. The van der Waals surface area contributed by atoms with Gasteiger partial charge in [0.25, 0.3) is 0 Å². The molecule has 0 amide bonds. The molecular weight excluding hydrogens is 276 g/mol. The van der Waals surface area contributed by atoms with Gasteiger partial charge in [-0.05, 0) is 32.0 Å². The second kappa shape index (κ2) is 5.85. The Hall–Kier alpha value is -0.273. The normalized spacial score (nSPS) is 28.4. The molecule has 1 fully saturated rings. The minimum atomic E-state index is -1.93. The first-order valence-electron chi connectivity index (χ1n) is 7.02. The summed E-state index contributed by atoms with van der Waals surface area (Å²) in [4.78, 5) is 11.0. The fourth-order valence-corrected chi connectivity index (χ4v) is 2.85. The first kappa shape index (κ1) is 17.8. The second-order valence-electron chi connectivity index (χ2n) is 7.34. The molecule has 1 saturated heterocycles. The number of ether oxygens (including phenoxy) is 2. The van der Waals surface area contributed by atoms with Crippen molar-refractivity contribution >= 4 is 14.6 Å². The predicted octanol–water partition coefficient (Wildman–Crippen LogP) is 2.09. The maximum absolute atomic E-state index is 11.0. The molecule has 0 aliphatic carbocycles. The van der Waals surface area contributed by atoms with E-state index in [4.69, 9.17) is 13.9 Å². The highest BCUT2D eigenvalue weighted by atomic mass is 28.4. The fourth-order valence-electron chi connectivity index (χ4n) is 1.83. The molecule has 118 valence electrons. The van der Waals surface area contributed by atoms with E-state index >= 15 is 0 Å². The van der Waals surface area contributed by atoms with Crippen LogP contribution in [0, 0.1) is 0 Å². The van der Waals surface area contributed by atoms with Crippen LogP contribution in [0.2, 0.25) is 18.1 Å². The number of aliphatic hydroxyl groups is 1. The summed E-state index contributed by atoms with van der Waals surface area (Å²) in [6, 6.07) is 0. The topological polar surface area (TPSA) is 65.0 Å². The molecule has 5 nitrogen and oxygen atoms in total. The molecule has 1 N–H and O–H groups in total. The first-order valence-corrected chi connectivity index (χ1v) is 9.93. The van der Waals surface area contributed by atoms with Gasteiger partial charge in [0.05, 0.1) is 6.61 Å². The molecular formula is C14H28O5Si. The Labute approximate surface area is 122 Å². The van der Waals surface area contributed by atoms with Crippen LogP contribution < -0.4 is 0 Å². The standard InChI is InChI=1S/C14H28O5Si/c1-13(2,3)20(6,7)17-9-10(16)12-11(8-15)18-14(4,5)19-12/h8,10-12,16H,9H2,1-7H3/t10-,11+,12-/m1/s1. The molecule has 0 aromatic rings. The molecule has 6 heteroatoms. The van der Waals surface area contributed by atoms with Crippen molar-refractivity contribution in [2.75, 3.05) is 6.61 Å². The quantitative estimate of drug-likeness (QED) is 0.622. The zero-order valence-corrected chi connectivity index (χ0v) is 14.6. The maximum Gasteiger partial charge on any atom is 0.192 e. The lowest BCUT2D eigenvalue weighted by molar-refractivity contribution is -0.158. The molecule has 0 aromatic carbocycles. The van der Waals surface area contributed by atoms with Crippen LogP contribution in [0.4, 0.5) is 0 Å². The van der Waals surface area contributed by atoms with Crippen molar-refractivity contribution in [2.24, 2.45) is 0 Å². The Kier molecular flexibility index (Phi) is 5.20. The number of rotatable bonds is 5. The van der Waals surface area contributed by atoms with Gasteiger partial charge in [-0.2, -0.15) is 0 Å². The van der Waals surface area contributed by atoms with Gasteiger partial charge < -0.3 is 23.8 Å². The summed E-state index contributed by atoms with van der Waals surface area (Å²) in [7, 11) is -1.93. The zero-order valence-electron chi connectivity index (χ0n) is 13.6. The first-order chi connectivity index (χ1) is 8.89. The highest BCUT2D eigenvalue weighted by molar-refractivity contribution is 6.74. The predicted molar refractivity (Wildman–Crippen MR) is 79.0 cm³/mol. The molecule has 0 bridgehead atoms. The third-order valence-electron chi connectivity index (χ3n) is 4.10. The van der Waals surface area contributed by atoms with Gasteiger partial charge >= 0.3 is 0 Å². The summed E-state index contributed by atoms with van der Waals surface area (Å²) >= 11 is 0. The number of hydrogen-bond acceptors (Lipinski definition) is 5. The van der Waals surface area contributed by atoms with Crippen LogP contribution in [0.25, 0.3) is 0 Å². The zero-order chi connectivity index (χ0) is 15.8. The van der Waals surface area contributed by atoms with E-state index in [-0.39, 0.29) is 11.6 Å². The van der Waals surface area contributed by atoms with Crippen LogP contribution in [0.1, 0.15) is 34.6 Å². The van der Waals surface area contributed by atoms with Crippen LogP contribution in [0.3, 0.4) is 0 Å². The van der Waals surface area contributed by atoms with Gasteiger partial charge in [-0.1, -0.05) is 20.8 Å². The van der Waals surface area contributed by atoms with E-state index in [1.165, 1.54) is 0 Å². The van der Waals surface area contributed by atoms with Gasteiger partial charge in [0.15, 0.2) is 20.4 Å². The molecule has 0 unspecified atom stereocenters. The minimum absolute atomic E-state index is 0.0725. The fraction of sp³-hybridized carbons (Fsp3) is 0.929. The highest BCUT2D eigenvalue weighted by Gasteiger charge is 2.46. The van der Waals surface area contributed by atoms with E-state index in [0.29, 0.717) is 6.29 Å². The number of carbonyl (C=O) groups is 1. The molecule has 0 saturated carbocycles. The van der Waals surface area contributed by atoms with E-state index in [1.807, 2.05) is 0 Å². The van der Waals surface area contributed by atoms with Gasteiger partial charge in [-0.15, -0.1) is 0 Å². The van der Waals surface area contributed by atoms with Gasteiger partial charge in [-0.25, -0.2) is 0 Å². The third-order valence-corrected chi connectivity index (χ3v) is 8.60. The Morgan fingerprint density at radius 1 is 1.35 bits per heavy atom. The maximum atomic E-state index is 11.0. The second-order valence-corrected chi connectivity index (χ2v) is 12.1. The average Bonchev–Trinajstić information content (AvgIpc) is 2.60. The highest BCUT2D eigenvalue weighted by Crippen LogP contribution is 2.37. The molecule has 1 aliphatic heterocycles. The monoisotopic (exact) mass is 304 g/mol. The molecule has 20 heavy (non-hydrogen) atoms. The molecule has 1 heterocycles. The Bertz CT molecular complexity index is 348. The van der Waals surface area contributed by atoms with Crippen LogP contribution in [0.5, 0.6) is 0 Å². The van der Waals surface area contributed by atoms with Crippen molar-refractivity contribution < 1.29 is 23.8 Å². The molecule has 1 aliphatic rings. The summed E-state index contributed by atoms with van der Waals surface area (Å²) < 4.78 is 17.0. The molecule has 0 aromatic heterocycles. The smallest absolute Gasteiger partial charge is 0.192 e. The largest absolute Gasteiger partial charge is 0.414 e. The lowest BCUT2D eigenvalue weighted by Crippen LogP contribution is -2.46. The van der Waals surface area contributed by atoms with Crippen LogP contribution >= 0.6 is 0 Å². The van der Waals surface area contributed by atoms with E-state index in [2.05, 4.69) is 33.9 Å². The third kappa shape index (κ3) is 4.11. The summed E-state index contributed by atoms with van der Waals surface area (Å²) in [5, 5.41) is 10.3. The molecule has 0 spiro atoms.